The summed E-state index contributed by atoms with van der Waals surface area (Å²) in [5, 5.41) is 5.17. The Morgan fingerprint density at radius 2 is 1.92 bits per heavy atom. The minimum absolute atomic E-state index is 0.135. The van der Waals surface area contributed by atoms with Gasteiger partial charge in [0, 0.05) is 0 Å². The highest BCUT2D eigenvalue weighted by Gasteiger charge is 2.21. The molecule has 2 aromatic rings. The molecule has 0 bridgehead atoms. The Labute approximate surface area is 146 Å². The molecule has 1 aliphatic heterocycles. The molecule has 7 nitrogen and oxygen atoms in total. The lowest BCUT2D eigenvalue weighted by Gasteiger charge is -2.26. The molecule has 2 heterocycles. The topological polar surface area (TPSA) is 89.8 Å². The lowest BCUT2D eigenvalue weighted by atomic mass is 10.2. The first-order chi connectivity index (χ1) is 11.6. The first kappa shape index (κ1) is 16.4. The van der Waals surface area contributed by atoms with Crippen LogP contribution in [0.2, 0.25) is 0 Å². The maximum absolute atomic E-state index is 11.8. The molecule has 8 heteroatoms. The molecule has 0 unspecified atom stereocenters. The van der Waals surface area contributed by atoms with Crippen molar-refractivity contribution in [2.75, 3.05) is 19.7 Å². The minimum Gasteiger partial charge on any atom is -0.486 e. The molecule has 0 saturated heterocycles. The van der Waals surface area contributed by atoms with Gasteiger partial charge in [-0.25, -0.2) is 0 Å². The van der Waals surface area contributed by atoms with E-state index in [2.05, 4.69) is 26.6 Å². The molecule has 1 aromatic heterocycles. The first-order valence-electron chi connectivity index (χ1n) is 7.30. The van der Waals surface area contributed by atoms with E-state index in [4.69, 9.17) is 13.9 Å². The van der Waals surface area contributed by atoms with E-state index in [-0.39, 0.29) is 30.9 Å². The Morgan fingerprint density at radius 1 is 1.12 bits per heavy atom. The Balaban J connectivity index is 1.41. The number of para-hydroxylation sites is 2. The van der Waals surface area contributed by atoms with Gasteiger partial charge in [-0.2, -0.15) is 0 Å². The molecule has 2 N–H and O–H groups in total. The number of rotatable bonds is 5. The van der Waals surface area contributed by atoms with E-state index in [1.54, 1.807) is 6.07 Å². The van der Waals surface area contributed by atoms with Crippen molar-refractivity contribution in [3.05, 3.63) is 46.8 Å². The van der Waals surface area contributed by atoms with Crippen molar-refractivity contribution in [1.82, 2.24) is 10.6 Å². The van der Waals surface area contributed by atoms with Crippen LogP contribution >= 0.6 is 15.9 Å². The smallest absolute Gasteiger partial charge is 0.287 e. The number of amides is 2. The van der Waals surface area contributed by atoms with E-state index < -0.39 is 5.91 Å². The third kappa shape index (κ3) is 4.08. The van der Waals surface area contributed by atoms with E-state index in [0.29, 0.717) is 22.8 Å². The number of hydrogen-bond donors (Lipinski definition) is 2. The number of ether oxygens (including phenoxy) is 2. The number of benzene rings is 1. The van der Waals surface area contributed by atoms with Gasteiger partial charge in [-0.3, -0.25) is 9.59 Å². The predicted octanol–water partition coefficient (Wildman–Crippen LogP) is 1.73. The molecule has 3 rings (SSSR count). The van der Waals surface area contributed by atoms with Gasteiger partial charge in [0.05, 0.1) is 13.1 Å². The third-order valence-corrected chi connectivity index (χ3v) is 3.73. The van der Waals surface area contributed by atoms with Gasteiger partial charge in [-0.05, 0) is 40.2 Å². The fraction of sp³-hybridized carbons (Fsp3) is 0.250. The van der Waals surface area contributed by atoms with Crippen LogP contribution in [-0.2, 0) is 4.79 Å². The maximum atomic E-state index is 11.8. The average molecular weight is 395 g/mol. The van der Waals surface area contributed by atoms with E-state index >= 15 is 0 Å². The van der Waals surface area contributed by atoms with Crippen LogP contribution in [-0.4, -0.2) is 37.6 Å². The van der Waals surface area contributed by atoms with Gasteiger partial charge in [0.1, 0.15) is 12.7 Å². The quantitative estimate of drug-likeness (QED) is 0.805. The normalized spacial score (nSPS) is 15.6. The summed E-state index contributed by atoms with van der Waals surface area (Å²) in [6, 6.07) is 10.5. The van der Waals surface area contributed by atoms with Gasteiger partial charge in [-0.15, -0.1) is 0 Å². The summed E-state index contributed by atoms with van der Waals surface area (Å²) in [5.74, 6) is 0.699. The number of hydrogen-bond acceptors (Lipinski definition) is 5. The van der Waals surface area contributed by atoms with Gasteiger partial charge in [0.2, 0.25) is 5.91 Å². The standard InChI is InChI=1S/C16H15BrN2O5/c17-14-6-5-13(24-14)16(21)19-8-15(20)18-7-10-9-22-11-3-1-2-4-12(11)23-10/h1-6,10H,7-9H2,(H,18,20)(H,19,21)/t10-/m0/s1. The second kappa shape index (κ2) is 7.39. The molecule has 0 fully saturated rings. The number of nitrogens with one attached hydrogen (secondary N) is 2. The lowest BCUT2D eigenvalue weighted by molar-refractivity contribution is -0.120. The lowest BCUT2D eigenvalue weighted by Crippen LogP contribution is -2.44. The zero-order chi connectivity index (χ0) is 16.9. The number of halogens is 1. The Morgan fingerprint density at radius 3 is 2.67 bits per heavy atom. The summed E-state index contributed by atoms with van der Waals surface area (Å²) in [5.41, 5.74) is 0. The van der Waals surface area contributed by atoms with Gasteiger partial charge in [-0.1, -0.05) is 12.1 Å². The summed E-state index contributed by atoms with van der Waals surface area (Å²) in [4.78, 5) is 23.6. The summed E-state index contributed by atoms with van der Waals surface area (Å²) in [6.45, 7) is 0.487. The molecule has 0 radical (unpaired) electrons. The van der Waals surface area contributed by atoms with Crippen LogP contribution in [0.4, 0.5) is 0 Å². The van der Waals surface area contributed by atoms with Crippen molar-refractivity contribution in [2.24, 2.45) is 0 Å². The van der Waals surface area contributed by atoms with Crippen molar-refractivity contribution in [1.29, 1.82) is 0 Å². The Bertz CT molecular complexity index is 746. The summed E-state index contributed by atoms with van der Waals surface area (Å²) < 4.78 is 16.8. The molecule has 0 aliphatic carbocycles. The zero-order valence-corrected chi connectivity index (χ0v) is 14.2. The van der Waals surface area contributed by atoms with Crippen molar-refractivity contribution in [3.8, 4) is 11.5 Å². The maximum Gasteiger partial charge on any atom is 0.287 e. The van der Waals surface area contributed by atoms with Gasteiger partial charge in [0.25, 0.3) is 5.91 Å². The monoisotopic (exact) mass is 394 g/mol. The fourth-order valence-corrected chi connectivity index (χ4v) is 2.44. The number of furan rings is 1. The largest absolute Gasteiger partial charge is 0.486 e. The van der Waals surface area contributed by atoms with Crippen LogP contribution in [0.25, 0.3) is 0 Å². The van der Waals surface area contributed by atoms with Gasteiger partial charge in [0.15, 0.2) is 21.9 Å². The van der Waals surface area contributed by atoms with Crippen molar-refractivity contribution >= 4 is 27.7 Å². The second-order valence-electron chi connectivity index (χ2n) is 5.09. The Hall–Kier alpha value is -2.48. The zero-order valence-electron chi connectivity index (χ0n) is 12.6. The average Bonchev–Trinajstić information content (AvgIpc) is 3.04. The Kier molecular flexibility index (Phi) is 5.05. The third-order valence-electron chi connectivity index (χ3n) is 3.30. The molecular formula is C16H15BrN2O5. The van der Waals surface area contributed by atoms with Crippen molar-refractivity contribution in [2.45, 2.75) is 6.10 Å². The number of fused-ring (bicyclic) bond motifs is 1. The summed E-state index contributed by atoms with van der Waals surface area (Å²) in [7, 11) is 0. The van der Waals surface area contributed by atoms with E-state index in [0.717, 1.165) is 0 Å². The van der Waals surface area contributed by atoms with Crippen LogP contribution in [0.15, 0.2) is 45.5 Å². The number of carbonyl (C=O) groups excluding carboxylic acids is 2. The van der Waals surface area contributed by atoms with Crippen LogP contribution in [0.3, 0.4) is 0 Å². The van der Waals surface area contributed by atoms with Crippen LogP contribution < -0.4 is 20.1 Å². The molecule has 1 aliphatic rings. The first-order valence-corrected chi connectivity index (χ1v) is 8.10. The summed E-state index contributed by atoms with van der Waals surface area (Å²) >= 11 is 3.11. The van der Waals surface area contributed by atoms with Crippen molar-refractivity contribution < 1.29 is 23.5 Å². The van der Waals surface area contributed by atoms with Gasteiger partial charge >= 0.3 is 0 Å². The molecule has 1 aromatic carbocycles. The molecule has 0 saturated carbocycles. The SMILES string of the molecule is O=C(CNC(=O)c1ccc(Br)o1)NC[C@H]1COc2ccccc2O1. The van der Waals surface area contributed by atoms with E-state index in [1.165, 1.54) is 6.07 Å². The highest BCUT2D eigenvalue weighted by molar-refractivity contribution is 9.10. The summed E-state index contributed by atoms with van der Waals surface area (Å²) in [6.07, 6.45) is -0.277. The highest BCUT2D eigenvalue weighted by atomic mass is 79.9. The molecule has 2 amide bonds. The minimum atomic E-state index is -0.456. The van der Waals surface area contributed by atoms with E-state index in [1.807, 2.05) is 24.3 Å². The molecule has 126 valence electrons. The molecular weight excluding hydrogens is 380 g/mol. The molecule has 1 atom stereocenters. The van der Waals surface area contributed by atoms with Crippen LogP contribution in [0.1, 0.15) is 10.6 Å². The van der Waals surface area contributed by atoms with Crippen LogP contribution in [0, 0.1) is 0 Å². The fourth-order valence-electron chi connectivity index (χ4n) is 2.14. The predicted molar refractivity (Wildman–Crippen MR) is 88.1 cm³/mol. The molecule has 0 spiro atoms. The molecule has 24 heavy (non-hydrogen) atoms. The van der Waals surface area contributed by atoms with Crippen LogP contribution in [0.5, 0.6) is 11.5 Å². The highest BCUT2D eigenvalue weighted by Crippen LogP contribution is 2.30. The van der Waals surface area contributed by atoms with Crippen molar-refractivity contribution in [3.63, 3.8) is 0 Å². The second-order valence-corrected chi connectivity index (χ2v) is 5.87. The number of carbonyl (C=O) groups is 2. The van der Waals surface area contributed by atoms with E-state index in [9.17, 15) is 9.59 Å². The van der Waals surface area contributed by atoms with Gasteiger partial charge < -0.3 is 24.5 Å².